The van der Waals surface area contributed by atoms with Gasteiger partial charge in [-0.25, -0.2) is 0 Å². The molecule has 0 spiro atoms. The van der Waals surface area contributed by atoms with Gasteiger partial charge in [-0.1, -0.05) is 12.8 Å². The topological polar surface area (TPSA) is 78.2 Å². The summed E-state index contributed by atoms with van der Waals surface area (Å²) in [5.74, 6) is -0.0411. The van der Waals surface area contributed by atoms with Gasteiger partial charge in [0.15, 0.2) is 5.69 Å². The molecule has 2 rings (SSSR count). The Morgan fingerprint density at radius 3 is 2.50 bits per heavy atom. The van der Waals surface area contributed by atoms with Gasteiger partial charge in [-0.3, -0.25) is 9.89 Å². The quantitative estimate of drug-likeness (QED) is 0.850. The third kappa shape index (κ3) is 3.12. The Labute approximate surface area is 120 Å². The van der Waals surface area contributed by atoms with Crippen LogP contribution in [0.15, 0.2) is 0 Å². The summed E-state index contributed by atoms with van der Waals surface area (Å²) < 4.78 is 0. The Morgan fingerprint density at radius 1 is 1.35 bits per heavy atom. The van der Waals surface area contributed by atoms with E-state index in [9.17, 15) is 4.79 Å². The molecule has 0 unspecified atom stereocenters. The van der Waals surface area contributed by atoms with Crippen LogP contribution < -0.4 is 5.73 Å². The van der Waals surface area contributed by atoms with E-state index in [-0.39, 0.29) is 5.91 Å². The molecule has 1 aliphatic rings. The molecule has 0 bridgehead atoms. The van der Waals surface area contributed by atoms with Crippen molar-refractivity contribution in [1.29, 1.82) is 0 Å². The second kappa shape index (κ2) is 6.26. The molecule has 6 heteroatoms. The molecule has 0 aromatic carbocycles. The molecule has 1 heterocycles. The highest BCUT2D eigenvalue weighted by Gasteiger charge is 2.29. The minimum absolute atomic E-state index is 0.0411. The van der Waals surface area contributed by atoms with Gasteiger partial charge >= 0.3 is 0 Å². The van der Waals surface area contributed by atoms with E-state index in [0.717, 1.165) is 31.6 Å². The largest absolute Gasteiger partial charge is 0.395 e. The Kier molecular flexibility index (Phi) is 4.65. The summed E-state index contributed by atoms with van der Waals surface area (Å²) in [7, 11) is 4.04. The first kappa shape index (κ1) is 14.8. The number of nitrogens with two attached hydrogens (primary N) is 1. The number of nitrogens with zero attached hydrogens (tertiary/aromatic N) is 3. The van der Waals surface area contributed by atoms with E-state index in [1.165, 1.54) is 12.8 Å². The van der Waals surface area contributed by atoms with Crippen molar-refractivity contribution in [2.45, 2.75) is 38.6 Å². The Morgan fingerprint density at radius 2 is 2.00 bits per heavy atom. The van der Waals surface area contributed by atoms with Crippen molar-refractivity contribution < 1.29 is 4.79 Å². The van der Waals surface area contributed by atoms with Crippen LogP contribution in [0, 0.1) is 6.92 Å². The predicted octanol–water partition coefficient (Wildman–Crippen LogP) is 1.25. The summed E-state index contributed by atoms with van der Waals surface area (Å²) in [5, 5.41) is 6.88. The van der Waals surface area contributed by atoms with Crippen LogP contribution in [-0.2, 0) is 0 Å². The number of nitrogen functional groups attached to an aromatic ring is 1. The van der Waals surface area contributed by atoms with E-state index in [1.807, 2.05) is 25.9 Å². The van der Waals surface area contributed by atoms with Gasteiger partial charge in [-0.05, 0) is 33.9 Å². The Hall–Kier alpha value is -1.56. The molecule has 20 heavy (non-hydrogen) atoms. The second-order valence-electron chi connectivity index (χ2n) is 5.85. The van der Waals surface area contributed by atoms with Gasteiger partial charge in [0, 0.05) is 19.1 Å². The highest BCUT2D eigenvalue weighted by molar-refractivity contribution is 5.97. The first-order valence-electron chi connectivity index (χ1n) is 7.27. The molecule has 1 fully saturated rings. The summed E-state index contributed by atoms with van der Waals surface area (Å²) in [4.78, 5) is 16.8. The zero-order valence-electron chi connectivity index (χ0n) is 12.6. The highest BCUT2D eigenvalue weighted by atomic mass is 16.2. The third-order valence-electron chi connectivity index (χ3n) is 4.01. The normalized spacial score (nSPS) is 16.0. The van der Waals surface area contributed by atoms with Crippen LogP contribution in [0.25, 0.3) is 0 Å². The summed E-state index contributed by atoms with van der Waals surface area (Å²) in [5.41, 5.74) is 7.54. The van der Waals surface area contributed by atoms with Gasteiger partial charge in [-0.15, -0.1) is 0 Å². The van der Waals surface area contributed by atoms with E-state index < -0.39 is 0 Å². The summed E-state index contributed by atoms with van der Waals surface area (Å²) in [6, 6.07) is 0.332. The lowest BCUT2D eigenvalue weighted by molar-refractivity contribution is 0.0662. The fraction of sp³-hybridized carbons (Fsp3) is 0.714. The molecule has 3 N–H and O–H groups in total. The number of aromatic nitrogens is 2. The van der Waals surface area contributed by atoms with Crippen LogP contribution in [0.4, 0.5) is 5.69 Å². The Bertz CT molecular complexity index is 462. The lowest BCUT2D eigenvalue weighted by Crippen LogP contribution is -2.43. The number of carbonyl (C=O) groups excluding carboxylic acids is 1. The number of aryl methyl sites for hydroxylation is 1. The average molecular weight is 279 g/mol. The molecule has 0 aliphatic heterocycles. The van der Waals surface area contributed by atoms with Gasteiger partial charge in [0.1, 0.15) is 0 Å². The highest BCUT2D eigenvalue weighted by Crippen LogP contribution is 2.26. The molecular formula is C14H25N5O. The number of hydrogen-bond donors (Lipinski definition) is 2. The van der Waals surface area contributed by atoms with Crippen molar-refractivity contribution in [2.24, 2.45) is 0 Å². The fourth-order valence-electron chi connectivity index (χ4n) is 2.71. The van der Waals surface area contributed by atoms with Crippen molar-refractivity contribution in [2.75, 3.05) is 32.9 Å². The van der Waals surface area contributed by atoms with E-state index in [1.54, 1.807) is 0 Å². The molecular weight excluding hydrogens is 254 g/mol. The van der Waals surface area contributed by atoms with Gasteiger partial charge in [-0.2, -0.15) is 5.10 Å². The van der Waals surface area contributed by atoms with Crippen LogP contribution in [0.2, 0.25) is 0 Å². The van der Waals surface area contributed by atoms with E-state index >= 15 is 0 Å². The number of likely N-dealkylation sites (N-methyl/N-ethyl adjacent to an activating group) is 1. The zero-order valence-corrected chi connectivity index (χ0v) is 12.6. The number of rotatable bonds is 5. The molecule has 1 aromatic rings. The Balaban J connectivity index is 2.16. The summed E-state index contributed by atoms with van der Waals surface area (Å²) in [6.45, 7) is 3.41. The standard InChI is InChI=1S/C14H25N5O/c1-10-12(15)13(17-16-10)14(20)19(9-8-18(2)3)11-6-4-5-7-11/h11H,4-9,15H2,1-3H3,(H,16,17). The molecule has 6 nitrogen and oxygen atoms in total. The maximum absolute atomic E-state index is 12.7. The predicted molar refractivity (Wildman–Crippen MR) is 79.6 cm³/mol. The van der Waals surface area contributed by atoms with E-state index in [4.69, 9.17) is 5.73 Å². The number of anilines is 1. The molecule has 112 valence electrons. The number of hydrogen-bond acceptors (Lipinski definition) is 4. The maximum atomic E-state index is 12.7. The third-order valence-corrected chi connectivity index (χ3v) is 4.01. The fourth-order valence-corrected chi connectivity index (χ4v) is 2.71. The number of aromatic amines is 1. The minimum Gasteiger partial charge on any atom is -0.395 e. The van der Waals surface area contributed by atoms with Crippen molar-refractivity contribution in [3.05, 3.63) is 11.4 Å². The summed E-state index contributed by atoms with van der Waals surface area (Å²) >= 11 is 0. The van der Waals surface area contributed by atoms with E-state index in [0.29, 0.717) is 17.4 Å². The smallest absolute Gasteiger partial charge is 0.276 e. The van der Waals surface area contributed by atoms with Gasteiger partial charge < -0.3 is 15.5 Å². The van der Waals surface area contributed by atoms with Crippen molar-refractivity contribution in [1.82, 2.24) is 20.0 Å². The minimum atomic E-state index is -0.0411. The first-order chi connectivity index (χ1) is 9.50. The first-order valence-corrected chi connectivity index (χ1v) is 7.27. The summed E-state index contributed by atoms with van der Waals surface area (Å²) in [6.07, 6.45) is 4.57. The van der Waals surface area contributed by atoms with Crippen LogP contribution in [-0.4, -0.2) is 59.1 Å². The molecule has 1 saturated carbocycles. The number of nitrogens with one attached hydrogen (secondary N) is 1. The van der Waals surface area contributed by atoms with Crippen molar-refractivity contribution >= 4 is 11.6 Å². The lowest BCUT2D eigenvalue weighted by atomic mass is 10.1. The van der Waals surface area contributed by atoms with Gasteiger partial charge in [0.05, 0.1) is 11.4 Å². The molecule has 0 radical (unpaired) electrons. The molecule has 1 aromatic heterocycles. The second-order valence-corrected chi connectivity index (χ2v) is 5.85. The van der Waals surface area contributed by atoms with Gasteiger partial charge in [0.2, 0.25) is 0 Å². The van der Waals surface area contributed by atoms with Crippen LogP contribution in [0.1, 0.15) is 41.9 Å². The number of carbonyl (C=O) groups is 1. The van der Waals surface area contributed by atoms with Crippen LogP contribution in [0.5, 0.6) is 0 Å². The SMILES string of the molecule is Cc1[nH]nc(C(=O)N(CCN(C)C)C2CCCC2)c1N. The molecule has 1 amide bonds. The van der Waals surface area contributed by atoms with E-state index in [2.05, 4.69) is 15.1 Å². The number of amides is 1. The maximum Gasteiger partial charge on any atom is 0.276 e. The van der Waals surface area contributed by atoms with Gasteiger partial charge in [0.25, 0.3) is 5.91 Å². The monoisotopic (exact) mass is 279 g/mol. The van der Waals surface area contributed by atoms with Crippen molar-refractivity contribution in [3.63, 3.8) is 0 Å². The molecule has 1 aliphatic carbocycles. The zero-order chi connectivity index (χ0) is 14.7. The molecule has 0 atom stereocenters. The molecule has 0 saturated heterocycles. The van der Waals surface area contributed by atoms with Crippen LogP contribution in [0.3, 0.4) is 0 Å². The number of H-pyrrole nitrogens is 1. The lowest BCUT2D eigenvalue weighted by Gasteiger charge is -2.29. The van der Waals surface area contributed by atoms with Crippen molar-refractivity contribution in [3.8, 4) is 0 Å². The van der Waals surface area contributed by atoms with Crippen LogP contribution >= 0.6 is 0 Å². The average Bonchev–Trinajstić information content (AvgIpc) is 3.01.